The molecule has 0 bridgehead atoms. The Balaban J connectivity index is 0. The first-order valence-corrected chi connectivity index (χ1v) is 0. The second-order valence-corrected chi connectivity index (χ2v) is 0. The van der Waals surface area contributed by atoms with Crippen molar-refractivity contribution >= 4 is 17.4 Å². The molecule has 0 unspecified atom stereocenters. The third kappa shape index (κ3) is 86.0. The van der Waals surface area contributed by atoms with Crippen LogP contribution in [0.2, 0.25) is 0 Å². The van der Waals surface area contributed by atoms with Gasteiger partial charge in [-0.3, -0.25) is 0 Å². The fourth-order valence-electron chi connectivity index (χ4n) is 0. The van der Waals surface area contributed by atoms with E-state index in [0.29, 0.717) is 0 Å². The van der Waals surface area contributed by atoms with Gasteiger partial charge in [-0.25, -0.2) is 0 Å². The predicted molar refractivity (Wildman–Crippen MR) is 5.75 cm³/mol. The average Bonchev–Trinajstić information content (AvgIpc) is 0. The molecule has 0 aromatic rings. The summed E-state index contributed by atoms with van der Waals surface area (Å²) in [4.78, 5) is 0. The van der Waals surface area contributed by atoms with Crippen LogP contribution in [0.25, 0.3) is 0 Å². The zero-order valence-electron chi connectivity index (χ0n) is 3.72. The van der Waals surface area contributed by atoms with Gasteiger partial charge in [-0.1, -0.05) is 0 Å². The van der Waals surface area contributed by atoms with Crippen LogP contribution in [0, 0.1) is 0 Å². The van der Waals surface area contributed by atoms with Crippen molar-refractivity contribution in [2.45, 2.75) is 0 Å². The van der Waals surface area contributed by atoms with Gasteiger partial charge in [0.25, 0.3) is 0 Å². The molecule has 0 nitrogen and oxygen atoms in total. The van der Waals surface area contributed by atoms with Crippen molar-refractivity contribution in [3.8, 4) is 0 Å². The van der Waals surface area contributed by atoms with Gasteiger partial charge in [0.15, 0.2) is 0 Å². The number of halogens is 7. The minimum atomic E-state index is 0. The van der Waals surface area contributed by atoms with E-state index in [4.69, 9.17) is 0 Å². The van der Waals surface area contributed by atoms with Crippen LogP contribution in [0.4, 0.5) is 0 Å². The standard InChI is InChI=1S/Al.7ClH.Zr/h;7*1H;/q+3;;;;;;;;+4/p-7. The minimum absolute atomic E-state index is 0. The summed E-state index contributed by atoms with van der Waals surface area (Å²) in [6.07, 6.45) is 0. The van der Waals surface area contributed by atoms with E-state index in [1.807, 2.05) is 0 Å². The number of rotatable bonds is 0. The topological polar surface area (TPSA) is 0 Å². The molecule has 9 heavy (non-hydrogen) atoms. The fraction of sp³-hybridized carbons (Fsp3) is 0. The summed E-state index contributed by atoms with van der Waals surface area (Å²) in [7, 11) is 0. The molecule has 56 valence electrons. The Morgan fingerprint density at radius 2 is 0.333 bits per heavy atom. The summed E-state index contributed by atoms with van der Waals surface area (Å²) in [6.45, 7) is 0. The zero-order valence-corrected chi connectivity index (χ0v) is 12.6. The summed E-state index contributed by atoms with van der Waals surface area (Å²) in [5.41, 5.74) is 0. The Kier molecular flexibility index (Phi) is 1610. The second-order valence-electron chi connectivity index (χ2n) is 0. The monoisotopic (exact) mass is 362 g/mol. The number of hydrogen-bond acceptors (Lipinski definition) is 0. The Hall–Kier alpha value is 3.45. The van der Waals surface area contributed by atoms with Gasteiger partial charge in [0.1, 0.15) is 0 Å². The average molecular weight is 366 g/mol. The number of hydrogen-bond donors (Lipinski definition) is 0. The van der Waals surface area contributed by atoms with Gasteiger partial charge >= 0.3 is 43.6 Å². The van der Waals surface area contributed by atoms with E-state index in [2.05, 4.69) is 0 Å². The molecule has 0 heterocycles. The van der Waals surface area contributed by atoms with Gasteiger partial charge in [-0.15, -0.1) is 0 Å². The van der Waals surface area contributed by atoms with E-state index in [9.17, 15) is 0 Å². The molecule has 9 heteroatoms. The van der Waals surface area contributed by atoms with E-state index in [-0.39, 0.29) is 130 Å². The van der Waals surface area contributed by atoms with Crippen molar-refractivity contribution in [2.75, 3.05) is 0 Å². The van der Waals surface area contributed by atoms with E-state index in [0.717, 1.165) is 0 Å². The molecule has 0 aromatic heterocycles. The summed E-state index contributed by atoms with van der Waals surface area (Å²) >= 11 is 0. The first kappa shape index (κ1) is 137. The Morgan fingerprint density at radius 1 is 0.333 bits per heavy atom. The molecular formula is AlCl7Zr. The van der Waals surface area contributed by atoms with Crippen LogP contribution in [0.3, 0.4) is 0 Å². The molecule has 0 rings (SSSR count). The molecular weight excluding hydrogens is 366 g/mol. The first-order chi connectivity index (χ1) is 0. The zero-order chi connectivity index (χ0) is 0. The maximum atomic E-state index is 0. The van der Waals surface area contributed by atoms with Gasteiger partial charge in [0.2, 0.25) is 0 Å². The van der Waals surface area contributed by atoms with Gasteiger partial charge in [0.05, 0.1) is 0 Å². The third-order valence-electron chi connectivity index (χ3n) is 0. The molecule has 0 aliphatic rings. The fourth-order valence-corrected chi connectivity index (χ4v) is 0. The first-order valence-electron chi connectivity index (χ1n) is 0. The van der Waals surface area contributed by atoms with Crippen LogP contribution in [0.5, 0.6) is 0 Å². The van der Waals surface area contributed by atoms with Crippen LogP contribution in [-0.2, 0) is 26.2 Å². The van der Waals surface area contributed by atoms with Crippen LogP contribution in [0.1, 0.15) is 0 Å². The van der Waals surface area contributed by atoms with Crippen LogP contribution in [0.15, 0.2) is 0 Å². The van der Waals surface area contributed by atoms with Crippen LogP contribution < -0.4 is 86.8 Å². The van der Waals surface area contributed by atoms with E-state index in [1.54, 1.807) is 0 Å². The molecule has 0 amide bonds. The molecule has 0 saturated carbocycles. The SMILES string of the molecule is [Al+3].[Cl-].[Cl-].[Cl-].[Cl-].[Cl-].[Cl-].[Cl-].[Zr+4]. The molecule has 0 radical (unpaired) electrons. The summed E-state index contributed by atoms with van der Waals surface area (Å²) in [5, 5.41) is 0. The van der Waals surface area contributed by atoms with Crippen molar-refractivity contribution in [3.05, 3.63) is 0 Å². The quantitative estimate of drug-likeness (QED) is 0.374. The van der Waals surface area contributed by atoms with Crippen LogP contribution >= 0.6 is 0 Å². The van der Waals surface area contributed by atoms with E-state index < -0.39 is 0 Å². The Labute approximate surface area is 129 Å². The van der Waals surface area contributed by atoms with Gasteiger partial charge in [-0.05, 0) is 0 Å². The van der Waals surface area contributed by atoms with Gasteiger partial charge in [-0.2, -0.15) is 0 Å². The molecule has 0 aliphatic carbocycles. The predicted octanol–water partition coefficient (Wildman–Crippen LogP) is -21.4. The summed E-state index contributed by atoms with van der Waals surface area (Å²) in [6, 6.07) is 0. The van der Waals surface area contributed by atoms with Crippen molar-refractivity contribution in [2.24, 2.45) is 0 Å². The van der Waals surface area contributed by atoms with Crippen molar-refractivity contribution in [1.82, 2.24) is 0 Å². The van der Waals surface area contributed by atoms with E-state index in [1.165, 1.54) is 0 Å². The molecule has 0 atom stereocenters. The summed E-state index contributed by atoms with van der Waals surface area (Å²) in [5.74, 6) is 0. The van der Waals surface area contributed by atoms with Crippen LogP contribution in [-0.4, -0.2) is 17.4 Å². The largest absolute Gasteiger partial charge is 4.00 e. The summed E-state index contributed by atoms with van der Waals surface area (Å²) < 4.78 is 0. The van der Waals surface area contributed by atoms with Gasteiger partial charge in [0, 0.05) is 0 Å². The van der Waals surface area contributed by atoms with Crippen molar-refractivity contribution in [1.29, 1.82) is 0 Å². The molecule has 0 aliphatic heterocycles. The van der Waals surface area contributed by atoms with Crippen molar-refractivity contribution in [3.63, 3.8) is 0 Å². The van der Waals surface area contributed by atoms with Gasteiger partial charge < -0.3 is 86.8 Å². The second kappa shape index (κ2) is 105. The molecule has 0 saturated heterocycles. The normalized spacial score (nSPS) is 0. The molecule has 0 N–H and O–H groups in total. The smallest absolute Gasteiger partial charge is 1.00 e. The van der Waals surface area contributed by atoms with E-state index >= 15 is 0 Å². The molecule has 0 fully saturated rings. The van der Waals surface area contributed by atoms with Crippen molar-refractivity contribution < 1.29 is 113 Å². The molecule has 0 spiro atoms. The maximum Gasteiger partial charge on any atom is 4.00 e. The Bertz CT molecular complexity index is 8.88. The minimum Gasteiger partial charge on any atom is -1.00 e. The molecule has 0 aromatic carbocycles. The maximum absolute atomic E-state index is 0. The third-order valence-corrected chi connectivity index (χ3v) is 0. The Morgan fingerprint density at radius 3 is 0.333 bits per heavy atom.